The first-order valence-corrected chi connectivity index (χ1v) is 5.38. The number of phenolic OH excluding ortho intramolecular Hbond substituents is 1. The fraction of sp³-hybridized carbons (Fsp3) is 0.500. The van der Waals surface area contributed by atoms with E-state index in [9.17, 15) is 5.11 Å². The molecule has 1 atom stereocenters. The van der Waals surface area contributed by atoms with Crippen LogP contribution < -0.4 is 11.1 Å². The minimum atomic E-state index is 0.163. The zero-order valence-corrected chi connectivity index (χ0v) is 9.46. The van der Waals surface area contributed by atoms with Crippen LogP contribution in [-0.4, -0.2) is 18.2 Å². The summed E-state index contributed by atoms with van der Waals surface area (Å²) in [5, 5.41) is 13.0. The monoisotopic (exact) mass is 208 g/mol. The minimum Gasteiger partial charge on any atom is -0.508 e. The van der Waals surface area contributed by atoms with E-state index in [0.717, 1.165) is 24.1 Å². The number of hydrogen-bond acceptors (Lipinski definition) is 3. The van der Waals surface area contributed by atoms with Crippen molar-refractivity contribution in [2.24, 2.45) is 5.73 Å². The van der Waals surface area contributed by atoms with Gasteiger partial charge in [0.15, 0.2) is 0 Å². The van der Waals surface area contributed by atoms with Crippen LogP contribution in [0.1, 0.15) is 30.5 Å². The molecule has 0 fully saturated rings. The second-order valence-corrected chi connectivity index (χ2v) is 3.88. The highest BCUT2D eigenvalue weighted by Gasteiger charge is 2.09. The molecule has 1 unspecified atom stereocenters. The van der Waals surface area contributed by atoms with Gasteiger partial charge in [-0.3, -0.25) is 0 Å². The Kier molecular flexibility index (Phi) is 4.59. The molecule has 0 aliphatic heterocycles. The molecule has 0 aliphatic carbocycles. The molecule has 1 aromatic rings. The summed E-state index contributed by atoms with van der Waals surface area (Å²) in [6, 6.07) is 5.82. The molecule has 0 radical (unpaired) electrons. The van der Waals surface area contributed by atoms with Crippen LogP contribution in [0.3, 0.4) is 0 Å². The smallest absolute Gasteiger partial charge is 0.120 e. The van der Waals surface area contributed by atoms with E-state index in [1.807, 2.05) is 26.0 Å². The van der Waals surface area contributed by atoms with Crippen LogP contribution in [0.25, 0.3) is 0 Å². The van der Waals surface area contributed by atoms with Gasteiger partial charge in [0.1, 0.15) is 5.75 Å². The number of nitrogens with two attached hydrogens (primary N) is 1. The van der Waals surface area contributed by atoms with Gasteiger partial charge in [-0.05, 0) is 39.4 Å². The maximum Gasteiger partial charge on any atom is 0.120 e. The molecule has 0 amide bonds. The highest BCUT2D eigenvalue weighted by atomic mass is 16.3. The molecule has 0 saturated heterocycles. The van der Waals surface area contributed by atoms with Crippen LogP contribution in [0.5, 0.6) is 5.75 Å². The SMILES string of the molecule is Cc1ccc(O)c(C(C)NCCCN)c1. The second kappa shape index (κ2) is 5.73. The standard InChI is InChI=1S/C12H20N2O/c1-9-4-5-12(15)11(8-9)10(2)14-7-3-6-13/h4-5,8,10,14-15H,3,6-7,13H2,1-2H3. The number of aromatic hydroxyl groups is 1. The fourth-order valence-corrected chi connectivity index (χ4v) is 1.55. The van der Waals surface area contributed by atoms with Crippen LogP contribution >= 0.6 is 0 Å². The van der Waals surface area contributed by atoms with E-state index in [2.05, 4.69) is 5.32 Å². The third-order valence-electron chi connectivity index (χ3n) is 2.48. The fourth-order valence-electron chi connectivity index (χ4n) is 1.55. The predicted molar refractivity (Wildman–Crippen MR) is 62.9 cm³/mol. The van der Waals surface area contributed by atoms with Crippen molar-refractivity contribution in [3.8, 4) is 5.75 Å². The lowest BCUT2D eigenvalue weighted by molar-refractivity contribution is 0.452. The van der Waals surface area contributed by atoms with Crippen molar-refractivity contribution >= 4 is 0 Å². The first-order chi connectivity index (χ1) is 7.15. The largest absolute Gasteiger partial charge is 0.508 e. The van der Waals surface area contributed by atoms with Crippen molar-refractivity contribution in [1.82, 2.24) is 5.32 Å². The number of nitrogens with one attached hydrogen (secondary N) is 1. The molecule has 3 heteroatoms. The van der Waals surface area contributed by atoms with Gasteiger partial charge in [0.05, 0.1) is 0 Å². The third-order valence-corrected chi connectivity index (χ3v) is 2.48. The molecular weight excluding hydrogens is 188 g/mol. The number of aryl methyl sites for hydroxylation is 1. The van der Waals surface area contributed by atoms with Crippen molar-refractivity contribution in [2.45, 2.75) is 26.3 Å². The van der Waals surface area contributed by atoms with Crippen LogP contribution in [0.4, 0.5) is 0 Å². The van der Waals surface area contributed by atoms with Gasteiger partial charge in [-0.1, -0.05) is 17.7 Å². The van der Waals surface area contributed by atoms with Gasteiger partial charge < -0.3 is 16.2 Å². The summed E-state index contributed by atoms with van der Waals surface area (Å²) in [6.07, 6.45) is 0.955. The van der Waals surface area contributed by atoms with Gasteiger partial charge in [-0.25, -0.2) is 0 Å². The number of phenols is 1. The normalized spacial score (nSPS) is 12.7. The Labute approximate surface area is 91.3 Å². The minimum absolute atomic E-state index is 0.163. The predicted octanol–water partition coefficient (Wildman–Crippen LogP) is 1.70. The maximum absolute atomic E-state index is 9.70. The molecule has 0 bridgehead atoms. The van der Waals surface area contributed by atoms with E-state index in [1.54, 1.807) is 6.07 Å². The van der Waals surface area contributed by atoms with Crippen molar-refractivity contribution in [3.05, 3.63) is 29.3 Å². The van der Waals surface area contributed by atoms with Crippen molar-refractivity contribution in [2.75, 3.05) is 13.1 Å². The molecule has 0 saturated carbocycles. The first kappa shape index (κ1) is 12.0. The van der Waals surface area contributed by atoms with Gasteiger partial charge in [0.25, 0.3) is 0 Å². The number of benzene rings is 1. The summed E-state index contributed by atoms with van der Waals surface area (Å²) in [7, 11) is 0. The van der Waals surface area contributed by atoms with Gasteiger partial charge in [-0.15, -0.1) is 0 Å². The maximum atomic E-state index is 9.70. The van der Waals surface area contributed by atoms with E-state index in [0.29, 0.717) is 12.3 Å². The molecule has 0 heterocycles. The molecule has 0 spiro atoms. The Hall–Kier alpha value is -1.06. The zero-order valence-electron chi connectivity index (χ0n) is 9.46. The Morgan fingerprint density at radius 1 is 1.47 bits per heavy atom. The summed E-state index contributed by atoms with van der Waals surface area (Å²) in [6.45, 7) is 5.64. The van der Waals surface area contributed by atoms with Crippen molar-refractivity contribution in [1.29, 1.82) is 0 Å². The van der Waals surface area contributed by atoms with Crippen LogP contribution in [0.15, 0.2) is 18.2 Å². The zero-order chi connectivity index (χ0) is 11.3. The van der Waals surface area contributed by atoms with Gasteiger partial charge in [-0.2, -0.15) is 0 Å². The lowest BCUT2D eigenvalue weighted by atomic mass is 10.0. The van der Waals surface area contributed by atoms with Gasteiger partial charge in [0, 0.05) is 11.6 Å². The van der Waals surface area contributed by atoms with Crippen molar-refractivity contribution < 1.29 is 5.11 Å². The molecule has 4 N–H and O–H groups in total. The van der Waals surface area contributed by atoms with Crippen LogP contribution in [-0.2, 0) is 0 Å². The Balaban J connectivity index is 2.64. The lowest BCUT2D eigenvalue weighted by Crippen LogP contribution is -2.22. The molecule has 84 valence electrons. The van der Waals surface area contributed by atoms with E-state index < -0.39 is 0 Å². The van der Waals surface area contributed by atoms with E-state index in [4.69, 9.17) is 5.73 Å². The topological polar surface area (TPSA) is 58.3 Å². The summed E-state index contributed by atoms with van der Waals surface area (Å²) in [5.41, 5.74) is 7.53. The number of hydrogen-bond donors (Lipinski definition) is 3. The summed E-state index contributed by atoms with van der Waals surface area (Å²) >= 11 is 0. The molecule has 0 aliphatic rings. The van der Waals surface area contributed by atoms with Crippen LogP contribution in [0.2, 0.25) is 0 Å². The summed E-state index contributed by atoms with van der Waals surface area (Å²) in [4.78, 5) is 0. The van der Waals surface area contributed by atoms with Crippen LogP contribution in [0, 0.1) is 6.92 Å². The quantitative estimate of drug-likeness (QED) is 0.645. The highest BCUT2D eigenvalue weighted by molar-refractivity contribution is 5.37. The summed E-state index contributed by atoms with van der Waals surface area (Å²) in [5.74, 6) is 0.355. The Bertz CT molecular complexity index is 312. The average Bonchev–Trinajstić information content (AvgIpc) is 2.22. The number of rotatable bonds is 5. The molecular formula is C12H20N2O. The van der Waals surface area contributed by atoms with Gasteiger partial charge >= 0.3 is 0 Å². The lowest BCUT2D eigenvalue weighted by Gasteiger charge is -2.15. The molecule has 15 heavy (non-hydrogen) atoms. The molecule has 1 rings (SSSR count). The Morgan fingerprint density at radius 3 is 2.87 bits per heavy atom. The Morgan fingerprint density at radius 2 is 2.20 bits per heavy atom. The average molecular weight is 208 g/mol. The molecule has 1 aromatic carbocycles. The van der Waals surface area contributed by atoms with E-state index in [1.165, 1.54) is 0 Å². The first-order valence-electron chi connectivity index (χ1n) is 5.38. The van der Waals surface area contributed by atoms with Gasteiger partial charge in [0.2, 0.25) is 0 Å². The van der Waals surface area contributed by atoms with Crippen molar-refractivity contribution in [3.63, 3.8) is 0 Å². The molecule has 3 nitrogen and oxygen atoms in total. The highest BCUT2D eigenvalue weighted by Crippen LogP contribution is 2.24. The second-order valence-electron chi connectivity index (χ2n) is 3.88. The molecule has 0 aromatic heterocycles. The third kappa shape index (κ3) is 3.53. The summed E-state index contributed by atoms with van der Waals surface area (Å²) < 4.78 is 0. The van der Waals surface area contributed by atoms with E-state index >= 15 is 0 Å². The van der Waals surface area contributed by atoms with E-state index in [-0.39, 0.29) is 6.04 Å².